The van der Waals surface area contributed by atoms with Crippen LogP contribution >= 0.6 is 163 Å². The molecule has 10 heterocycles. The minimum atomic E-state index is -0.783. The molecular weight excluding hydrogens is 1810 g/mol. The Morgan fingerprint density at radius 1 is 0.364 bits per heavy atom. The van der Waals surface area contributed by atoms with Crippen LogP contribution in [-0.4, -0.2) is 165 Å². The van der Waals surface area contributed by atoms with Gasteiger partial charge in [0.1, 0.15) is 6.61 Å². The first-order chi connectivity index (χ1) is 56.2. The first kappa shape index (κ1) is 98.8. The van der Waals surface area contributed by atoms with Crippen LogP contribution < -0.4 is 25.3 Å². The topological polar surface area (TPSA) is 370 Å². The second-order valence-corrected chi connectivity index (χ2v) is 31.8. The van der Waals surface area contributed by atoms with E-state index < -0.39 is 48.1 Å². The van der Waals surface area contributed by atoms with Crippen LogP contribution in [0.2, 0.25) is 45.2 Å². The molecule has 0 bridgehead atoms. The second kappa shape index (κ2) is 50.3. The molecule has 0 aromatic carbocycles. The van der Waals surface area contributed by atoms with Gasteiger partial charge in [0, 0.05) is 198 Å². The van der Waals surface area contributed by atoms with Crippen LogP contribution in [0.15, 0.2) is 128 Å². The van der Waals surface area contributed by atoms with Gasteiger partial charge in [-0.2, -0.15) is 24.1 Å². The molecule has 0 atom stereocenters. The van der Waals surface area contributed by atoms with Gasteiger partial charge >= 0.3 is 30.3 Å². The molecule has 10 aromatic rings. The minimum Gasteiger partial charge on any atom is -0.449 e. The number of halogens is 9. The van der Waals surface area contributed by atoms with Gasteiger partial charge in [0.25, 0.3) is 11.1 Å². The number of aliphatic hydroxyl groups excluding tert-OH is 1. The fourth-order valence-electron chi connectivity index (χ4n) is 9.09. The molecule has 1 N–H and O–H groups in total. The van der Waals surface area contributed by atoms with Gasteiger partial charge in [0.2, 0.25) is 17.6 Å². The highest BCUT2D eigenvalue weighted by Crippen LogP contribution is 2.36. The smallest absolute Gasteiger partial charge is 0.423 e. The van der Waals surface area contributed by atoms with Crippen molar-refractivity contribution in [3.8, 4) is 17.6 Å². The van der Waals surface area contributed by atoms with E-state index >= 15 is 0 Å². The van der Waals surface area contributed by atoms with Crippen molar-refractivity contribution < 1.29 is 52.8 Å². The van der Waals surface area contributed by atoms with E-state index in [1.165, 1.54) is 127 Å². The molecule has 10 aromatic heterocycles. The monoisotopic (exact) mass is 1890 g/mol. The van der Waals surface area contributed by atoms with E-state index in [2.05, 4.69) is 64.8 Å². The zero-order valence-electron chi connectivity index (χ0n) is 65.0. The number of hydrogen-bond donors (Lipinski definition) is 1. The molecule has 628 valence electrons. The summed E-state index contributed by atoms with van der Waals surface area (Å²) in [6.45, 7) is 23.4. The van der Waals surface area contributed by atoms with Gasteiger partial charge in [-0.05, 0) is 94.2 Å². The zero-order valence-corrected chi connectivity index (χ0v) is 75.9. The Morgan fingerprint density at radius 3 is 0.907 bits per heavy atom. The van der Waals surface area contributed by atoms with E-state index in [9.17, 15) is 33.6 Å². The number of aryl methyl sites for hydroxylation is 6. The lowest BCUT2D eigenvalue weighted by molar-refractivity contribution is -0.137. The molecule has 2 amide bonds. The summed E-state index contributed by atoms with van der Waals surface area (Å²) in [6.07, 6.45) is 13.0. The van der Waals surface area contributed by atoms with Crippen LogP contribution in [0.4, 0.5) is 19.2 Å². The molecule has 0 saturated carbocycles. The van der Waals surface area contributed by atoms with Gasteiger partial charge < -0.3 is 38.6 Å². The summed E-state index contributed by atoms with van der Waals surface area (Å²) >= 11 is 61.3. The number of aromatic nitrogens is 15. The molecule has 0 radical (unpaired) electrons. The summed E-state index contributed by atoms with van der Waals surface area (Å²) in [7, 11) is 0. The van der Waals surface area contributed by atoms with Crippen molar-refractivity contribution >= 4 is 194 Å². The highest BCUT2D eigenvalue weighted by Gasteiger charge is 2.23. The maximum absolute atomic E-state index is 12.1. The number of carbonyl (C=O) groups is 5. The van der Waals surface area contributed by atoms with Crippen LogP contribution in [0.5, 0.6) is 17.6 Å². The molecule has 0 fully saturated rings. The summed E-state index contributed by atoms with van der Waals surface area (Å²) in [5.41, 5.74) is 6.83. The molecule has 30 nitrogen and oxygen atoms in total. The van der Waals surface area contributed by atoms with Crippen LogP contribution in [0.1, 0.15) is 103 Å². The average Bonchev–Trinajstić information content (AvgIpc) is 0.806. The van der Waals surface area contributed by atoms with Crippen LogP contribution in [0, 0.1) is 41.5 Å². The highest BCUT2D eigenvalue weighted by atomic mass is 35.5. The van der Waals surface area contributed by atoms with Crippen LogP contribution in [0.25, 0.3) is 0 Å². The highest BCUT2D eigenvalue weighted by molar-refractivity contribution is 7.99. The standard InChI is InChI=1S/2C16H18Cl2N4O2S.C15H16ClN3O3S.C14H13Cl2N3O3S.C13H11Cl2N3O3S/c2*1-4-22(5-2)16(23)24-14-6-10(3)20-15(21-14)25-9-11-12(17)7-19-8-13(11)18;1-4-22-15(21)19-13(20)5-10(3)18-14(19)23-8-11-9(2)6-17-7-12(11)16;1-3-22-14(21)19-12(20)4-8(2)18-13(19)23-7-9-10(15)5-17-6-11(9)16;1-7-2-11(21-12(20)5-19)18-13(17-7)22-6-8-9(14)3-16-4-10(8)15/h2*6-8H,4-5,9H2,1-3H3;5-7H,4,8H2,1-3H3;4-6H,3,7H2,1-2H3;2-4,19H,5-6H2,1H3. The predicted molar refractivity (Wildman–Crippen MR) is 461 cm³/mol. The molecular formula is C74H76Cl9N17O13S5. The van der Waals surface area contributed by atoms with Crippen molar-refractivity contribution in [3.63, 3.8) is 0 Å². The van der Waals surface area contributed by atoms with Gasteiger partial charge in [-0.15, -0.1) is 0 Å². The quantitative estimate of drug-likeness (QED) is 0.0315. The fourth-order valence-corrected chi connectivity index (χ4v) is 17.2. The molecule has 0 saturated heterocycles. The molecule has 0 unspecified atom stereocenters. The number of hydrogen-bond acceptors (Lipinski definition) is 31. The first-order valence-electron chi connectivity index (χ1n) is 35.0. The van der Waals surface area contributed by atoms with Crippen molar-refractivity contribution in [2.45, 2.75) is 138 Å². The van der Waals surface area contributed by atoms with E-state index in [-0.39, 0.29) is 41.2 Å². The SMILES string of the molecule is CCN(CC)C(=O)Oc1cc(C)nc(SCc2c(Cl)cncc2Cl)n1.CCN(CC)C(=O)Oc1cc(C)nc(SCc2c(Cl)cncc2Cl)n1.CCOC(=O)n1c(SCc2c(C)cncc2Cl)nc(C)cc1=O.CCOC(=O)n1c(SCc2c(Cl)cncc2Cl)nc(C)cc1=O.Cc1cc(OC(=O)CO)nc(SCc2c(Cl)cncc2Cl)n1. The molecule has 0 aliphatic rings. The van der Waals surface area contributed by atoms with Gasteiger partial charge in [-0.3, -0.25) is 34.5 Å². The number of nitrogens with zero attached hydrogens (tertiary/aromatic N) is 17. The van der Waals surface area contributed by atoms with E-state index in [1.807, 2.05) is 48.5 Å². The Balaban J connectivity index is 0.000000229. The van der Waals surface area contributed by atoms with Gasteiger partial charge in [0.15, 0.2) is 25.8 Å². The van der Waals surface area contributed by atoms with E-state index in [0.717, 1.165) is 37.0 Å². The number of ether oxygens (including phenoxy) is 5. The Hall–Kier alpha value is -7.98. The van der Waals surface area contributed by atoms with Crippen LogP contribution in [0.3, 0.4) is 0 Å². The van der Waals surface area contributed by atoms with Crippen LogP contribution in [-0.2, 0) is 43.0 Å². The Morgan fingerprint density at radius 2 is 0.627 bits per heavy atom. The molecule has 10 rings (SSSR count). The molecule has 0 spiro atoms. The van der Waals surface area contributed by atoms with Crippen molar-refractivity contribution in [1.82, 2.24) is 83.7 Å². The number of thioether (sulfide) groups is 5. The number of amides is 2. The van der Waals surface area contributed by atoms with E-state index in [1.54, 1.807) is 68.9 Å². The summed E-state index contributed by atoms with van der Waals surface area (Å²) in [4.78, 5) is 140. The minimum absolute atomic E-state index is 0.0842. The average molecular weight is 1890 g/mol. The summed E-state index contributed by atoms with van der Waals surface area (Å²) in [6, 6.07) is 7.32. The molecule has 0 aliphatic heterocycles. The number of esters is 1. The third-order valence-corrected chi connectivity index (χ3v) is 22.4. The van der Waals surface area contributed by atoms with E-state index in [0.29, 0.717) is 150 Å². The van der Waals surface area contributed by atoms with E-state index in [4.69, 9.17) is 133 Å². The fraction of sp³-hybridized carbons (Fsp3) is 0.324. The van der Waals surface area contributed by atoms with Crippen molar-refractivity contribution in [1.29, 1.82) is 0 Å². The predicted octanol–water partition coefficient (Wildman–Crippen LogP) is 18.7. The maximum atomic E-state index is 12.1. The lowest BCUT2D eigenvalue weighted by Crippen LogP contribution is -2.33. The van der Waals surface area contributed by atoms with Crippen molar-refractivity contribution in [2.24, 2.45) is 0 Å². The summed E-state index contributed by atoms with van der Waals surface area (Å²) in [5.74, 6) is 1.93. The lowest BCUT2D eigenvalue weighted by atomic mass is 10.2. The number of pyridine rings is 5. The molecule has 0 aliphatic carbocycles. The molecule has 44 heteroatoms. The maximum Gasteiger partial charge on any atom is 0.423 e. The van der Waals surface area contributed by atoms with Crippen molar-refractivity contribution in [2.75, 3.05) is 46.0 Å². The Labute approximate surface area is 745 Å². The first-order valence-corrected chi connectivity index (χ1v) is 43.3. The second-order valence-electron chi connectivity index (χ2n) is 23.4. The lowest BCUT2D eigenvalue weighted by Gasteiger charge is -2.17. The van der Waals surface area contributed by atoms with Gasteiger partial charge in [0.05, 0.1) is 58.4 Å². The number of carbonyl (C=O) groups excluding carboxylic acids is 5. The number of rotatable bonds is 25. The van der Waals surface area contributed by atoms with Gasteiger partial charge in [-0.1, -0.05) is 163 Å². The number of aliphatic hydroxyl groups is 1. The largest absolute Gasteiger partial charge is 0.449 e. The molecule has 118 heavy (non-hydrogen) atoms. The summed E-state index contributed by atoms with van der Waals surface area (Å²) in [5, 5.41) is 14.8. The van der Waals surface area contributed by atoms with Crippen molar-refractivity contribution in [3.05, 3.63) is 220 Å². The van der Waals surface area contributed by atoms with Gasteiger partial charge in [-0.25, -0.2) is 48.9 Å². The normalized spacial score (nSPS) is 10.6. The summed E-state index contributed by atoms with van der Waals surface area (Å²) < 4.78 is 27.2. The Bertz CT molecular complexity index is 4920. The third kappa shape index (κ3) is 31.2. The Kier molecular flexibility index (Phi) is 42.1. The third-order valence-electron chi connectivity index (χ3n) is 14.9. The zero-order chi connectivity index (χ0) is 86.9.